The summed E-state index contributed by atoms with van der Waals surface area (Å²) in [6, 6.07) is 10.7. The lowest BCUT2D eigenvalue weighted by molar-refractivity contribution is 0.800. The second kappa shape index (κ2) is 4.35. The molecule has 15 heavy (non-hydrogen) atoms. The van der Waals surface area contributed by atoms with Gasteiger partial charge in [0, 0.05) is 11.2 Å². The first kappa shape index (κ1) is 10.0. The number of hydrogen-bond acceptors (Lipinski definition) is 0. The zero-order valence-electron chi connectivity index (χ0n) is 9.22. The Kier molecular flexibility index (Phi) is 2.91. The molecule has 0 aliphatic heterocycles. The van der Waals surface area contributed by atoms with E-state index in [-0.39, 0.29) is 0 Å². The molecule has 0 atom stereocenters. The van der Waals surface area contributed by atoms with Crippen LogP contribution < -0.4 is 0 Å². The first-order valence-corrected chi connectivity index (χ1v) is 5.47. The monoisotopic (exact) mass is 199 g/mol. The molecule has 0 unspecified atom stereocenters. The number of aromatic amines is 1. The van der Waals surface area contributed by atoms with Crippen molar-refractivity contribution in [2.24, 2.45) is 0 Å². The summed E-state index contributed by atoms with van der Waals surface area (Å²) in [5.74, 6) is 0. The lowest BCUT2D eigenvalue weighted by atomic mass is 10.1. The van der Waals surface area contributed by atoms with Gasteiger partial charge in [-0.05, 0) is 43.7 Å². The van der Waals surface area contributed by atoms with Crippen LogP contribution >= 0.6 is 0 Å². The molecule has 0 radical (unpaired) electrons. The van der Waals surface area contributed by atoms with Crippen molar-refractivity contribution in [1.82, 2.24) is 4.98 Å². The van der Waals surface area contributed by atoms with Crippen LogP contribution in [0.4, 0.5) is 0 Å². The number of nitrogens with one attached hydrogen (secondary N) is 1. The number of allylic oxidation sites excluding steroid dienone is 1. The van der Waals surface area contributed by atoms with Crippen LogP contribution in [0.2, 0.25) is 0 Å². The molecule has 1 heteroatoms. The molecule has 0 fully saturated rings. The quantitative estimate of drug-likeness (QED) is 0.714. The van der Waals surface area contributed by atoms with Crippen molar-refractivity contribution in [2.45, 2.75) is 26.2 Å². The molecule has 1 heterocycles. The average molecular weight is 199 g/mol. The average Bonchev–Trinajstić information content (AvgIpc) is 2.59. The third-order valence-corrected chi connectivity index (χ3v) is 2.64. The minimum atomic E-state index is 1.11. The highest BCUT2D eigenvalue weighted by molar-refractivity contribution is 5.80. The van der Waals surface area contributed by atoms with Crippen molar-refractivity contribution in [3.05, 3.63) is 48.2 Å². The zero-order chi connectivity index (χ0) is 10.7. The van der Waals surface area contributed by atoms with Crippen LogP contribution in [0.1, 0.15) is 25.5 Å². The number of para-hydroxylation sites is 1. The summed E-state index contributed by atoms with van der Waals surface area (Å²) in [5, 5.41) is 1.31. The Morgan fingerprint density at radius 1 is 1.33 bits per heavy atom. The van der Waals surface area contributed by atoms with E-state index < -0.39 is 0 Å². The first-order chi connectivity index (χ1) is 7.25. The van der Waals surface area contributed by atoms with E-state index in [0.717, 1.165) is 12.8 Å². The maximum atomic E-state index is 3.92. The van der Waals surface area contributed by atoms with Gasteiger partial charge in [0.15, 0.2) is 0 Å². The summed E-state index contributed by atoms with van der Waals surface area (Å²) in [6.45, 7) is 6.01. The molecule has 78 valence electrons. The number of fused-ring (bicyclic) bond motifs is 1. The van der Waals surface area contributed by atoms with Crippen LogP contribution in [-0.2, 0) is 6.42 Å². The van der Waals surface area contributed by atoms with Crippen molar-refractivity contribution in [1.29, 1.82) is 0 Å². The van der Waals surface area contributed by atoms with Gasteiger partial charge >= 0.3 is 0 Å². The van der Waals surface area contributed by atoms with Crippen LogP contribution in [0.5, 0.6) is 0 Å². The van der Waals surface area contributed by atoms with E-state index in [9.17, 15) is 0 Å². The van der Waals surface area contributed by atoms with E-state index in [2.05, 4.69) is 48.8 Å². The number of benzene rings is 1. The number of hydrogen-bond donors (Lipinski definition) is 1. The van der Waals surface area contributed by atoms with Crippen molar-refractivity contribution in [3.8, 4) is 0 Å². The van der Waals surface area contributed by atoms with Gasteiger partial charge in [0.05, 0.1) is 0 Å². The molecule has 1 aromatic carbocycles. The molecule has 0 aliphatic rings. The SMILES string of the molecule is C=C(C)CCCc1cc2ccccc2[nH]1. The predicted octanol–water partition coefficient (Wildman–Crippen LogP) is 4.07. The van der Waals surface area contributed by atoms with E-state index in [1.54, 1.807) is 0 Å². The molecule has 2 aromatic rings. The Labute approximate surface area is 90.8 Å². The van der Waals surface area contributed by atoms with Gasteiger partial charge in [0.25, 0.3) is 0 Å². The Morgan fingerprint density at radius 2 is 2.13 bits per heavy atom. The van der Waals surface area contributed by atoms with Crippen molar-refractivity contribution < 1.29 is 0 Å². The van der Waals surface area contributed by atoms with E-state index in [1.807, 2.05) is 0 Å². The van der Waals surface area contributed by atoms with E-state index >= 15 is 0 Å². The molecular weight excluding hydrogens is 182 g/mol. The van der Waals surface area contributed by atoms with Crippen molar-refractivity contribution in [2.75, 3.05) is 0 Å². The van der Waals surface area contributed by atoms with Gasteiger partial charge in [-0.3, -0.25) is 0 Å². The maximum Gasteiger partial charge on any atom is 0.0456 e. The first-order valence-electron chi connectivity index (χ1n) is 5.47. The van der Waals surface area contributed by atoms with Crippen LogP contribution in [-0.4, -0.2) is 4.98 Å². The zero-order valence-corrected chi connectivity index (χ0v) is 9.22. The van der Waals surface area contributed by atoms with Gasteiger partial charge in [-0.1, -0.05) is 23.8 Å². The molecule has 1 N–H and O–H groups in total. The van der Waals surface area contributed by atoms with Gasteiger partial charge in [-0.15, -0.1) is 6.58 Å². The lowest BCUT2D eigenvalue weighted by Gasteiger charge is -1.97. The highest BCUT2D eigenvalue weighted by atomic mass is 14.7. The fraction of sp³-hybridized carbons (Fsp3) is 0.286. The van der Waals surface area contributed by atoms with Gasteiger partial charge in [-0.2, -0.15) is 0 Å². The molecule has 0 bridgehead atoms. The third-order valence-electron chi connectivity index (χ3n) is 2.64. The molecular formula is C14H17N. The lowest BCUT2D eigenvalue weighted by Crippen LogP contribution is -1.85. The second-order valence-electron chi connectivity index (χ2n) is 4.19. The molecule has 2 rings (SSSR count). The molecule has 1 aromatic heterocycles. The van der Waals surface area contributed by atoms with E-state index in [1.165, 1.54) is 28.6 Å². The number of aryl methyl sites for hydroxylation is 1. The summed E-state index contributed by atoms with van der Waals surface area (Å²) in [7, 11) is 0. The molecule has 1 nitrogen and oxygen atoms in total. The summed E-state index contributed by atoms with van der Waals surface area (Å²) >= 11 is 0. The highest BCUT2D eigenvalue weighted by Gasteiger charge is 1.99. The Morgan fingerprint density at radius 3 is 2.87 bits per heavy atom. The molecule has 0 spiro atoms. The maximum absolute atomic E-state index is 3.92. The number of aromatic nitrogens is 1. The standard InChI is InChI=1S/C14H17N/c1-11(2)6-5-8-13-10-12-7-3-4-9-14(12)15-13/h3-4,7,9-10,15H,1,5-6,8H2,2H3. The number of H-pyrrole nitrogens is 1. The Balaban J connectivity index is 2.05. The fourth-order valence-corrected chi connectivity index (χ4v) is 1.85. The van der Waals surface area contributed by atoms with Gasteiger partial charge in [-0.25, -0.2) is 0 Å². The predicted molar refractivity (Wildman–Crippen MR) is 66.1 cm³/mol. The summed E-state index contributed by atoms with van der Waals surface area (Å²) in [5.41, 5.74) is 3.84. The van der Waals surface area contributed by atoms with Crippen LogP contribution in [0.3, 0.4) is 0 Å². The largest absolute Gasteiger partial charge is 0.358 e. The van der Waals surface area contributed by atoms with Gasteiger partial charge in [0.2, 0.25) is 0 Å². The topological polar surface area (TPSA) is 15.8 Å². The Hall–Kier alpha value is -1.50. The van der Waals surface area contributed by atoms with Crippen LogP contribution in [0.25, 0.3) is 10.9 Å². The van der Waals surface area contributed by atoms with Gasteiger partial charge < -0.3 is 4.98 Å². The molecule has 0 saturated heterocycles. The minimum absolute atomic E-state index is 1.11. The summed E-state index contributed by atoms with van der Waals surface area (Å²) in [6.07, 6.45) is 3.42. The number of rotatable bonds is 4. The highest BCUT2D eigenvalue weighted by Crippen LogP contribution is 2.16. The third kappa shape index (κ3) is 2.50. The molecule has 0 saturated carbocycles. The van der Waals surface area contributed by atoms with Crippen LogP contribution in [0.15, 0.2) is 42.5 Å². The van der Waals surface area contributed by atoms with Crippen molar-refractivity contribution >= 4 is 10.9 Å². The molecule has 0 amide bonds. The molecule has 0 aliphatic carbocycles. The van der Waals surface area contributed by atoms with Crippen molar-refractivity contribution in [3.63, 3.8) is 0 Å². The smallest absolute Gasteiger partial charge is 0.0456 e. The summed E-state index contributed by atoms with van der Waals surface area (Å²) < 4.78 is 0. The van der Waals surface area contributed by atoms with E-state index in [0.29, 0.717) is 0 Å². The van der Waals surface area contributed by atoms with Gasteiger partial charge in [0.1, 0.15) is 0 Å². The normalized spacial score (nSPS) is 10.7. The minimum Gasteiger partial charge on any atom is -0.358 e. The summed E-state index contributed by atoms with van der Waals surface area (Å²) in [4.78, 5) is 3.44. The Bertz CT molecular complexity index is 432. The fourth-order valence-electron chi connectivity index (χ4n) is 1.85. The van der Waals surface area contributed by atoms with E-state index in [4.69, 9.17) is 0 Å². The second-order valence-corrected chi connectivity index (χ2v) is 4.19. The van der Waals surface area contributed by atoms with Crippen LogP contribution in [0, 0.1) is 0 Å².